The van der Waals surface area contributed by atoms with E-state index in [4.69, 9.17) is 10.8 Å². The van der Waals surface area contributed by atoms with E-state index in [1.54, 1.807) is 24.1 Å². The number of benzene rings is 1. The number of carbonyl (C=O) groups excluding carboxylic acids is 1. The van der Waals surface area contributed by atoms with E-state index in [-0.39, 0.29) is 17.4 Å². The molecule has 0 aromatic heterocycles. The molecule has 0 aliphatic rings. The Hall–Kier alpha value is -1.88. The molecular formula is C16H24N2O3. The van der Waals surface area contributed by atoms with Crippen molar-refractivity contribution < 1.29 is 14.7 Å². The molecule has 21 heavy (non-hydrogen) atoms. The van der Waals surface area contributed by atoms with E-state index in [2.05, 4.69) is 13.8 Å². The predicted molar refractivity (Wildman–Crippen MR) is 83.4 cm³/mol. The molecule has 0 radical (unpaired) electrons. The summed E-state index contributed by atoms with van der Waals surface area (Å²) in [5.41, 5.74) is 6.62. The van der Waals surface area contributed by atoms with Crippen molar-refractivity contribution in [2.45, 2.75) is 26.7 Å². The largest absolute Gasteiger partial charge is 0.478 e. The van der Waals surface area contributed by atoms with Crippen LogP contribution in [0.4, 0.5) is 5.69 Å². The summed E-state index contributed by atoms with van der Waals surface area (Å²) >= 11 is 0. The number of nitrogens with zero attached hydrogens (tertiary/aromatic N) is 1. The van der Waals surface area contributed by atoms with Crippen LogP contribution in [0.3, 0.4) is 0 Å². The molecule has 1 aromatic carbocycles. The van der Waals surface area contributed by atoms with Crippen molar-refractivity contribution in [3.05, 3.63) is 29.8 Å². The lowest BCUT2D eigenvalue weighted by Crippen LogP contribution is -2.30. The van der Waals surface area contributed by atoms with E-state index in [9.17, 15) is 9.59 Å². The number of nitrogens with two attached hydrogens (primary N) is 1. The highest BCUT2D eigenvalue weighted by Crippen LogP contribution is 2.19. The summed E-state index contributed by atoms with van der Waals surface area (Å²) < 4.78 is 0. The average Bonchev–Trinajstić information content (AvgIpc) is 2.45. The third-order valence-electron chi connectivity index (χ3n) is 3.48. The third-order valence-corrected chi connectivity index (χ3v) is 3.48. The van der Waals surface area contributed by atoms with Gasteiger partial charge in [0, 0.05) is 19.2 Å². The Morgan fingerprint density at radius 3 is 2.24 bits per heavy atom. The fourth-order valence-corrected chi connectivity index (χ4v) is 2.29. The SMILES string of the molecule is CC(C)C[C@H](CN)CC(=O)N(C)c1ccc(C(=O)O)cc1. The second kappa shape index (κ2) is 7.78. The molecule has 1 atom stereocenters. The fraction of sp³-hybridized carbons (Fsp3) is 0.500. The Balaban J connectivity index is 2.70. The quantitative estimate of drug-likeness (QED) is 0.808. The molecule has 1 amide bonds. The topological polar surface area (TPSA) is 83.6 Å². The van der Waals surface area contributed by atoms with Crippen LogP contribution in [0.2, 0.25) is 0 Å². The van der Waals surface area contributed by atoms with Crippen molar-refractivity contribution in [1.82, 2.24) is 0 Å². The van der Waals surface area contributed by atoms with Crippen LogP contribution >= 0.6 is 0 Å². The molecule has 0 heterocycles. The summed E-state index contributed by atoms with van der Waals surface area (Å²) in [6.07, 6.45) is 1.33. The third kappa shape index (κ3) is 5.19. The van der Waals surface area contributed by atoms with Gasteiger partial charge in [-0.2, -0.15) is 0 Å². The van der Waals surface area contributed by atoms with E-state index < -0.39 is 5.97 Å². The van der Waals surface area contributed by atoms with E-state index in [0.717, 1.165) is 6.42 Å². The molecule has 0 spiro atoms. The number of amides is 1. The molecule has 0 saturated heterocycles. The van der Waals surface area contributed by atoms with Gasteiger partial charge in [-0.1, -0.05) is 13.8 Å². The second-order valence-corrected chi connectivity index (χ2v) is 5.74. The number of hydrogen-bond donors (Lipinski definition) is 2. The van der Waals surface area contributed by atoms with Gasteiger partial charge in [-0.3, -0.25) is 4.79 Å². The lowest BCUT2D eigenvalue weighted by atomic mass is 9.94. The van der Waals surface area contributed by atoms with Gasteiger partial charge in [0.15, 0.2) is 0 Å². The zero-order valence-electron chi connectivity index (χ0n) is 12.9. The average molecular weight is 292 g/mol. The number of carbonyl (C=O) groups is 2. The first-order valence-electron chi connectivity index (χ1n) is 7.15. The zero-order chi connectivity index (χ0) is 16.0. The highest BCUT2D eigenvalue weighted by molar-refractivity contribution is 5.94. The van der Waals surface area contributed by atoms with Crippen molar-refractivity contribution in [3.8, 4) is 0 Å². The molecule has 5 heteroatoms. The van der Waals surface area contributed by atoms with E-state index in [0.29, 0.717) is 24.6 Å². The first-order chi connectivity index (χ1) is 9.85. The van der Waals surface area contributed by atoms with Crippen LogP contribution in [0, 0.1) is 11.8 Å². The van der Waals surface area contributed by atoms with Crippen LogP contribution < -0.4 is 10.6 Å². The van der Waals surface area contributed by atoms with Crippen molar-refractivity contribution in [1.29, 1.82) is 0 Å². The second-order valence-electron chi connectivity index (χ2n) is 5.74. The van der Waals surface area contributed by atoms with Crippen molar-refractivity contribution in [2.24, 2.45) is 17.6 Å². The fourth-order valence-electron chi connectivity index (χ4n) is 2.29. The first-order valence-corrected chi connectivity index (χ1v) is 7.15. The van der Waals surface area contributed by atoms with E-state index in [1.807, 2.05) is 0 Å². The van der Waals surface area contributed by atoms with E-state index >= 15 is 0 Å². The van der Waals surface area contributed by atoms with Gasteiger partial charge in [-0.15, -0.1) is 0 Å². The minimum absolute atomic E-state index is 0.00539. The van der Waals surface area contributed by atoms with Crippen molar-refractivity contribution >= 4 is 17.6 Å². The number of carboxylic acids is 1. The Labute approximate surface area is 125 Å². The summed E-state index contributed by atoms with van der Waals surface area (Å²) in [5.74, 6) is -0.297. The Bertz CT molecular complexity index is 483. The summed E-state index contributed by atoms with van der Waals surface area (Å²) in [6.45, 7) is 4.72. The van der Waals surface area contributed by atoms with Crippen LogP contribution in [0.1, 0.15) is 37.0 Å². The number of aromatic carboxylic acids is 1. The van der Waals surface area contributed by atoms with Gasteiger partial charge in [0.25, 0.3) is 0 Å². The Kier molecular flexibility index (Phi) is 6.37. The highest BCUT2D eigenvalue weighted by Gasteiger charge is 2.18. The number of hydrogen-bond acceptors (Lipinski definition) is 3. The monoisotopic (exact) mass is 292 g/mol. The molecule has 0 aliphatic carbocycles. The minimum atomic E-state index is -0.976. The number of rotatable bonds is 7. The van der Waals surface area contributed by atoms with Crippen LogP contribution in [0.15, 0.2) is 24.3 Å². The predicted octanol–water partition coefficient (Wildman–Crippen LogP) is 2.36. The summed E-state index contributed by atoms with van der Waals surface area (Å²) in [5, 5.41) is 8.86. The van der Waals surface area contributed by atoms with Gasteiger partial charge in [0.1, 0.15) is 0 Å². The van der Waals surface area contributed by atoms with Crippen molar-refractivity contribution in [2.75, 3.05) is 18.5 Å². The molecule has 5 nitrogen and oxygen atoms in total. The molecule has 0 bridgehead atoms. The van der Waals surface area contributed by atoms with Crippen LogP contribution in [-0.2, 0) is 4.79 Å². The lowest BCUT2D eigenvalue weighted by molar-refractivity contribution is -0.119. The van der Waals surface area contributed by atoms with Crippen LogP contribution in [-0.4, -0.2) is 30.6 Å². The molecule has 116 valence electrons. The summed E-state index contributed by atoms with van der Waals surface area (Å²) in [6, 6.07) is 6.27. The Morgan fingerprint density at radius 2 is 1.81 bits per heavy atom. The van der Waals surface area contributed by atoms with Gasteiger partial charge in [0.05, 0.1) is 5.56 Å². The van der Waals surface area contributed by atoms with Gasteiger partial charge in [-0.05, 0) is 49.1 Å². The highest BCUT2D eigenvalue weighted by atomic mass is 16.4. The minimum Gasteiger partial charge on any atom is -0.478 e. The number of anilines is 1. The maximum atomic E-state index is 12.3. The standard InChI is InChI=1S/C16H24N2O3/c1-11(2)8-12(10-17)9-15(19)18(3)14-6-4-13(5-7-14)16(20)21/h4-7,11-12H,8-10,17H2,1-3H3,(H,20,21)/t12-/m0/s1. The lowest BCUT2D eigenvalue weighted by Gasteiger charge is -2.22. The molecule has 0 saturated carbocycles. The van der Waals surface area contributed by atoms with Gasteiger partial charge in [0.2, 0.25) is 5.91 Å². The van der Waals surface area contributed by atoms with E-state index in [1.165, 1.54) is 12.1 Å². The van der Waals surface area contributed by atoms with Crippen LogP contribution in [0.5, 0.6) is 0 Å². The number of carboxylic acid groups (broad SMARTS) is 1. The van der Waals surface area contributed by atoms with Crippen LogP contribution in [0.25, 0.3) is 0 Å². The normalized spacial score (nSPS) is 12.2. The molecule has 0 unspecified atom stereocenters. The molecule has 1 aromatic rings. The molecule has 0 fully saturated rings. The molecule has 1 rings (SSSR count). The smallest absolute Gasteiger partial charge is 0.335 e. The van der Waals surface area contributed by atoms with Gasteiger partial charge >= 0.3 is 5.97 Å². The van der Waals surface area contributed by atoms with Gasteiger partial charge < -0.3 is 15.7 Å². The molecule has 3 N–H and O–H groups in total. The molecular weight excluding hydrogens is 268 g/mol. The van der Waals surface area contributed by atoms with Crippen molar-refractivity contribution in [3.63, 3.8) is 0 Å². The maximum Gasteiger partial charge on any atom is 0.335 e. The summed E-state index contributed by atoms with van der Waals surface area (Å²) in [4.78, 5) is 24.6. The summed E-state index contributed by atoms with van der Waals surface area (Å²) in [7, 11) is 1.70. The maximum absolute atomic E-state index is 12.3. The molecule has 0 aliphatic heterocycles. The van der Waals surface area contributed by atoms with Gasteiger partial charge in [-0.25, -0.2) is 4.79 Å². The Morgan fingerprint density at radius 1 is 1.24 bits per heavy atom. The first kappa shape index (κ1) is 17.2. The zero-order valence-corrected chi connectivity index (χ0v) is 12.9.